The Hall–Kier alpha value is -2.49. The Balaban J connectivity index is 1.38. The van der Waals surface area contributed by atoms with E-state index in [4.69, 9.17) is 9.47 Å². The Morgan fingerprint density at radius 2 is 1.86 bits per heavy atom. The zero-order valence-electron chi connectivity index (χ0n) is 12.2. The van der Waals surface area contributed by atoms with Crippen LogP contribution in [0, 0.1) is 0 Å². The molecule has 112 valence electrons. The molecule has 1 aliphatic carbocycles. The van der Waals surface area contributed by atoms with Crippen molar-refractivity contribution in [3.8, 4) is 11.5 Å². The van der Waals surface area contributed by atoms with Crippen LogP contribution in [0.15, 0.2) is 42.5 Å². The fourth-order valence-corrected chi connectivity index (χ4v) is 3.19. The largest absolute Gasteiger partial charge is 0.493 e. The summed E-state index contributed by atoms with van der Waals surface area (Å²) in [5.41, 5.74) is 3.71. The Morgan fingerprint density at radius 3 is 2.64 bits per heavy atom. The van der Waals surface area contributed by atoms with Gasteiger partial charge in [0.1, 0.15) is 11.5 Å². The van der Waals surface area contributed by atoms with Gasteiger partial charge < -0.3 is 14.8 Å². The molecule has 4 nitrogen and oxygen atoms in total. The first-order valence-electron chi connectivity index (χ1n) is 7.59. The molecule has 0 aromatic heterocycles. The van der Waals surface area contributed by atoms with Crippen LogP contribution in [0.1, 0.15) is 16.7 Å². The summed E-state index contributed by atoms with van der Waals surface area (Å²) in [6.45, 7) is 0.700. The second kappa shape index (κ2) is 5.37. The first-order valence-corrected chi connectivity index (χ1v) is 7.59. The summed E-state index contributed by atoms with van der Waals surface area (Å²) in [5.74, 6) is 1.45. The molecule has 2 aromatic carbocycles. The van der Waals surface area contributed by atoms with Crippen LogP contribution in [0.5, 0.6) is 11.5 Å². The predicted molar refractivity (Wildman–Crippen MR) is 82.4 cm³/mol. The van der Waals surface area contributed by atoms with Crippen LogP contribution in [0.4, 0.5) is 4.79 Å². The minimum absolute atomic E-state index is 0.114. The van der Waals surface area contributed by atoms with Gasteiger partial charge in [-0.2, -0.15) is 0 Å². The minimum Gasteiger partial charge on any atom is -0.493 e. The lowest BCUT2D eigenvalue weighted by Crippen LogP contribution is -2.37. The maximum absolute atomic E-state index is 12.1. The highest BCUT2D eigenvalue weighted by Crippen LogP contribution is 2.29. The average molecular weight is 295 g/mol. The van der Waals surface area contributed by atoms with Crippen molar-refractivity contribution in [2.75, 3.05) is 6.61 Å². The van der Waals surface area contributed by atoms with Gasteiger partial charge in [0.05, 0.1) is 6.61 Å². The van der Waals surface area contributed by atoms with Gasteiger partial charge in [0, 0.05) is 18.0 Å². The Morgan fingerprint density at radius 1 is 1.09 bits per heavy atom. The van der Waals surface area contributed by atoms with E-state index in [2.05, 4.69) is 17.4 Å². The lowest BCUT2D eigenvalue weighted by atomic mass is 10.1. The van der Waals surface area contributed by atoms with Crippen LogP contribution in [-0.2, 0) is 19.3 Å². The Labute approximate surface area is 129 Å². The topological polar surface area (TPSA) is 47.6 Å². The van der Waals surface area contributed by atoms with Gasteiger partial charge in [0.25, 0.3) is 0 Å². The maximum atomic E-state index is 12.1. The molecule has 0 saturated carbocycles. The van der Waals surface area contributed by atoms with Gasteiger partial charge in [0.15, 0.2) is 0 Å². The molecule has 22 heavy (non-hydrogen) atoms. The van der Waals surface area contributed by atoms with Crippen LogP contribution < -0.4 is 14.8 Å². The number of rotatable bonds is 2. The number of carbonyl (C=O) groups is 1. The highest BCUT2D eigenvalue weighted by atomic mass is 16.6. The third-order valence-electron chi connectivity index (χ3n) is 4.24. The van der Waals surface area contributed by atoms with E-state index >= 15 is 0 Å². The second-order valence-corrected chi connectivity index (χ2v) is 5.78. The van der Waals surface area contributed by atoms with Gasteiger partial charge in [-0.05, 0) is 42.2 Å². The summed E-state index contributed by atoms with van der Waals surface area (Å²) in [7, 11) is 0. The van der Waals surface area contributed by atoms with E-state index in [-0.39, 0.29) is 6.04 Å². The van der Waals surface area contributed by atoms with Crippen molar-refractivity contribution in [1.29, 1.82) is 0 Å². The van der Waals surface area contributed by atoms with E-state index in [1.54, 1.807) is 6.07 Å². The van der Waals surface area contributed by atoms with Gasteiger partial charge in [-0.25, -0.2) is 4.79 Å². The van der Waals surface area contributed by atoms with E-state index in [1.807, 2.05) is 24.3 Å². The lowest BCUT2D eigenvalue weighted by molar-refractivity contribution is 0.196. The molecule has 1 heterocycles. The summed E-state index contributed by atoms with van der Waals surface area (Å²) in [6.07, 6.45) is 2.20. The standard InChI is InChI=1S/C18H17NO3/c20-18(19-15-9-12-3-1-2-4-13(12)10-15)22-16-5-6-17-14(11-16)7-8-21-17/h1-6,11,15H,7-10H2,(H,19,20). The van der Waals surface area contributed by atoms with Crippen molar-refractivity contribution in [2.24, 2.45) is 0 Å². The average Bonchev–Trinajstić information content (AvgIpc) is 3.11. The van der Waals surface area contributed by atoms with E-state index < -0.39 is 6.09 Å². The molecule has 0 bridgehead atoms. The molecule has 2 aromatic rings. The van der Waals surface area contributed by atoms with E-state index in [9.17, 15) is 4.79 Å². The number of carbonyl (C=O) groups excluding carboxylic acids is 1. The smallest absolute Gasteiger partial charge is 0.412 e. The van der Waals surface area contributed by atoms with Gasteiger partial charge in [-0.15, -0.1) is 0 Å². The molecule has 0 unspecified atom stereocenters. The monoisotopic (exact) mass is 295 g/mol. The van der Waals surface area contributed by atoms with Gasteiger partial charge in [-0.1, -0.05) is 24.3 Å². The maximum Gasteiger partial charge on any atom is 0.412 e. The van der Waals surface area contributed by atoms with Crippen molar-refractivity contribution in [3.05, 3.63) is 59.2 Å². The third kappa shape index (κ3) is 2.52. The molecule has 0 fully saturated rings. The fraction of sp³-hybridized carbons (Fsp3) is 0.278. The van der Waals surface area contributed by atoms with Crippen LogP contribution >= 0.6 is 0 Å². The zero-order valence-corrected chi connectivity index (χ0v) is 12.2. The Bertz CT molecular complexity index is 701. The summed E-state index contributed by atoms with van der Waals surface area (Å²) in [4.78, 5) is 12.1. The molecule has 0 saturated heterocycles. The van der Waals surface area contributed by atoms with Gasteiger partial charge in [-0.3, -0.25) is 0 Å². The molecular weight excluding hydrogens is 278 g/mol. The van der Waals surface area contributed by atoms with Crippen molar-refractivity contribution in [1.82, 2.24) is 5.32 Å². The summed E-state index contributed by atoms with van der Waals surface area (Å²) < 4.78 is 10.8. The number of nitrogens with one attached hydrogen (secondary N) is 1. The summed E-state index contributed by atoms with van der Waals surface area (Å²) in [5, 5.41) is 2.95. The van der Waals surface area contributed by atoms with Crippen molar-refractivity contribution < 1.29 is 14.3 Å². The number of benzene rings is 2. The third-order valence-corrected chi connectivity index (χ3v) is 4.24. The number of ether oxygens (including phenoxy) is 2. The first kappa shape index (κ1) is 13.2. The van der Waals surface area contributed by atoms with Crippen molar-refractivity contribution in [2.45, 2.75) is 25.3 Å². The quantitative estimate of drug-likeness (QED) is 0.926. The SMILES string of the molecule is O=C(NC1Cc2ccccc2C1)Oc1ccc2c(c1)CCO2. The normalized spacial score (nSPS) is 15.8. The van der Waals surface area contributed by atoms with Gasteiger partial charge >= 0.3 is 6.09 Å². The molecule has 4 heteroatoms. The molecule has 1 aliphatic heterocycles. The number of hydrogen-bond acceptors (Lipinski definition) is 3. The highest BCUT2D eigenvalue weighted by Gasteiger charge is 2.23. The van der Waals surface area contributed by atoms with E-state index in [0.717, 1.165) is 30.6 Å². The minimum atomic E-state index is -0.392. The van der Waals surface area contributed by atoms with Crippen molar-refractivity contribution >= 4 is 6.09 Å². The molecule has 2 aliphatic rings. The number of fused-ring (bicyclic) bond motifs is 2. The van der Waals surface area contributed by atoms with E-state index in [0.29, 0.717) is 12.4 Å². The fourth-order valence-electron chi connectivity index (χ4n) is 3.19. The predicted octanol–water partition coefficient (Wildman–Crippen LogP) is 2.88. The van der Waals surface area contributed by atoms with Crippen LogP contribution in [0.25, 0.3) is 0 Å². The zero-order chi connectivity index (χ0) is 14.9. The molecule has 0 atom stereocenters. The van der Waals surface area contributed by atoms with Crippen LogP contribution in [0.3, 0.4) is 0 Å². The summed E-state index contributed by atoms with van der Waals surface area (Å²) in [6, 6.07) is 13.9. The molecule has 0 spiro atoms. The molecule has 0 radical (unpaired) electrons. The molecule has 1 amide bonds. The van der Waals surface area contributed by atoms with Crippen LogP contribution in [-0.4, -0.2) is 18.7 Å². The molecule has 4 rings (SSSR count). The molecule has 1 N–H and O–H groups in total. The van der Waals surface area contributed by atoms with E-state index in [1.165, 1.54) is 11.1 Å². The first-order chi connectivity index (χ1) is 10.8. The number of hydrogen-bond donors (Lipinski definition) is 1. The lowest BCUT2D eigenvalue weighted by Gasteiger charge is -2.12. The number of amides is 1. The highest BCUT2D eigenvalue weighted by molar-refractivity contribution is 5.71. The van der Waals surface area contributed by atoms with Crippen molar-refractivity contribution in [3.63, 3.8) is 0 Å². The molecular formula is C18H17NO3. The van der Waals surface area contributed by atoms with Crippen LogP contribution in [0.2, 0.25) is 0 Å². The second-order valence-electron chi connectivity index (χ2n) is 5.78. The Kier molecular flexibility index (Phi) is 3.22. The van der Waals surface area contributed by atoms with Gasteiger partial charge in [0.2, 0.25) is 0 Å². The summed E-state index contributed by atoms with van der Waals surface area (Å²) >= 11 is 0.